The van der Waals surface area contributed by atoms with Crippen LogP contribution in [0.4, 0.5) is 0 Å². The predicted octanol–water partition coefficient (Wildman–Crippen LogP) is 2.28. The molecule has 1 unspecified atom stereocenters. The molecule has 0 aliphatic rings. The average molecular weight is 286 g/mol. The lowest BCUT2D eigenvalue weighted by molar-refractivity contribution is -0.121. The summed E-state index contributed by atoms with van der Waals surface area (Å²) < 4.78 is 5.34. The van der Waals surface area contributed by atoms with E-state index in [2.05, 4.69) is 21.2 Å². The maximum Gasteiger partial charge on any atom is 0.220 e. The van der Waals surface area contributed by atoms with Crippen molar-refractivity contribution in [1.29, 1.82) is 0 Å². The van der Waals surface area contributed by atoms with Gasteiger partial charge in [0.2, 0.25) is 5.91 Å². The van der Waals surface area contributed by atoms with Gasteiger partial charge in [0.25, 0.3) is 0 Å². The molecule has 1 aromatic carbocycles. The van der Waals surface area contributed by atoms with Crippen LogP contribution in [0, 0.1) is 0 Å². The normalized spacial score (nSPS) is 12.1. The molecule has 1 N–H and O–H groups in total. The molecule has 0 aliphatic heterocycles. The van der Waals surface area contributed by atoms with Gasteiger partial charge in [-0.15, -0.1) is 0 Å². The maximum absolute atomic E-state index is 11.3. The number of nitrogens with one attached hydrogen (secondary N) is 1. The number of hydrogen-bond acceptors (Lipinski definition) is 2. The van der Waals surface area contributed by atoms with E-state index in [1.165, 1.54) is 0 Å². The van der Waals surface area contributed by atoms with E-state index in [4.69, 9.17) is 4.74 Å². The molecule has 88 valence electrons. The van der Waals surface area contributed by atoms with Crippen molar-refractivity contribution in [2.45, 2.75) is 12.5 Å². The SMILES string of the molecule is COC(CNC(=O)CCBr)c1ccccc1. The minimum Gasteiger partial charge on any atom is -0.375 e. The summed E-state index contributed by atoms with van der Waals surface area (Å²) in [5.41, 5.74) is 1.07. The highest BCUT2D eigenvalue weighted by Gasteiger charge is 2.10. The smallest absolute Gasteiger partial charge is 0.220 e. The largest absolute Gasteiger partial charge is 0.375 e. The van der Waals surface area contributed by atoms with Crippen LogP contribution >= 0.6 is 15.9 Å². The maximum atomic E-state index is 11.3. The van der Waals surface area contributed by atoms with E-state index in [-0.39, 0.29) is 12.0 Å². The third-order valence-electron chi connectivity index (χ3n) is 2.26. The lowest BCUT2D eigenvalue weighted by atomic mass is 10.1. The summed E-state index contributed by atoms with van der Waals surface area (Å²) in [4.78, 5) is 11.3. The van der Waals surface area contributed by atoms with Crippen LogP contribution in [-0.2, 0) is 9.53 Å². The van der Waals surface area contributed by atoms with E-state index in [1.807, 2.05) is 30.3 Å². The molecule has 1 atom stereocenters. The highest BCUT2D eigenvalue weighted by molar-refractivity contribution is 9.09. The fourth-order valence-corrected chi connectivity index (χ4v) is 1.75. The lowest BCUT2D eigenvalue weighted by Gasteiger charge is -2.16. The minimum atomic E-state index is -0.0829. The van der Waals surface area contributed by atoms with Gasteiger partial charge in [0.05, 0.1) is 6.10 Å². The summed E-state index contributed by atoms with van der Waals surface area (Å²) in [6.45, 7) is 0.506. The van der Waals surface area contributed by atoms with E-state index < -0.39 is 0 Å². The van der Waals surface area contributed by atoms with Gasteiger partial charge in [-0.2, -0.15) is 0 Å². The van der Waals surface area contributed by atoms with Crippen LogP contribution in [0.2, 0.25) is 0 Å². The second kappa shape index (κ2) is 7.41. The third-order valence-corrected chi connectivity index (χ3v) is 2.66. The molecule has 0 heterocycles. The molecule has 16 heavy (non-hydrogen) atoms. The van der Waals surface area contributed by atoms with Gasteiger partial charge in [0.1, 0.15) is 0 Å². The molecule has 1 rings (SSSR count). The van der Waals surface area contributed by atoms with E-state index in [1.54, 1.807) is 7.11 Å². The zero-order valence-electron chi connectivity index (χ0n) is 9.28. The van der Waals surface area contributed by atoms with Crippen molar-refractivity contribution in [3.8, 4) is 0 Å². The molecule has 3 nitrogen and oxygen atoms in total. The summed E-state index contributed by atoms with van der Waals surface area (Å²) in [5, 5.41) is 3.52. The quantitative estimate of drug-likeness (QED) is 0.815. The number of amides is 1. The average Bonchev–Trinajstić information content (AvgIpc) is 2.31. The number of methoxy groups -OCH3 is 1. The van der Waals surface area contributed by atoms with E-state index in [0.717, 1.165) is 5.56 Å². The molecule has 0 radical (unpaired) electrons. The fourth-order valence-electron chi connectivity index (χ4n) is 1.39. The third kappa shape index (κ3) is 4.33. The highest BCUT2D eigenvalue weighted by atomic mass is 79.9. The topological polar surface area (TPSA) is 38.3 Å². The first-order valence-corrected chi connectivity index (χ1v) is 6.30. The Morgan fingerprint density at radius 2 is 2.12 bits per heavy atom. The zero-order chi connectivity index (χ0) is 11.8. The zero-order valence-corrected chi connectivity index (χ0v) is 10.9. The fraction of sp³-hybridized carbons (Fsp3) is 0.417. The molecule has 0 spiro atoms. The number of carbonyl (C=O) groups excluding carboxylic acids is 1. The van der Waals surface area contributed by atoms with E-state index in [9.17, 15) is 4.79 Å². The molecule has 0 saturated carbocycles. The molecular weight excluding hydrogens is 270 g/mol. The Kier molecular flexibility index (Phi) is 6.11. The Balaban J connectivity index is 2.47. The summed E-state index contributed by atoms with van der Waals surface area (Å²) in [7, 11) is 1.65. The van der Waals surface area contributed by atoms with Crippen molar-refractivity contribution < 1.29 is 9.53 Å². The number of benzene rings is 1. The molecule has 1 amide bonds. The first kappa shape index (κ1) is 13.2. The number of halogens is 1. The van der Waals surface area contributed by atoms with Crippen LogP contribution < -0.4 is 5.32 Å². The number of rotatable bonds is 6. The van der Waals surface area contributed by atoms with Crippen LogP contribution in [0.1, 0.15) is 18.1 Å². The molecule has 4 heteroatoms. The van der Waals surface area contributed by atoms with Gasteiger partial charge in [-0.1, -0.05) is 46.3 Å². The van der Waals surface area contributed by atoms with Crippen molar-refractivity contribution in [3.63, 3.8) is 0 Å². The van der Waals surface area contributed by atoms with Crippen molar-refractivity contribution in [1.82, 2.24) is 5.32 Å². The minimum absolute atomic E-state index is 0.0369. The summed E-state index contributed by atoms with van der Waals surface area (Å²) in [6.07, 6.45) is 0.408. The Hall–Kier alpha value is -0.870. The monoisotopic (exact) mass is 285 g/mol. The highest BCUT2D eigenvalue weighted by Crippen LogP contribution is 2.14. The lowest BCUT2D eigenvalue weighted by Crippen LogP contribution is -2.29. The van der Waals surface area contributed by atoms with Gasteiger partial charge in [-0.3, -0.25) is 4.79 Å². The molecule has 0 bridgehead atoms. The van der Waals surface area contributed by atoms with Crippen molar-refractivity contribution >= 4 is 21.8 Å². The van der Waals surface area contributed by atoms with Crippen LogP contribution in [0.25, 0.3) is 0 Å². The summed E-state index contributed by atoms with van der Waals surface area (Å²) >= 11 is 3.23. The Morgan fingerprint density at radius 3 is 2.69 bits per heavy atom. The molecular formula is C12H16BrNO2. The molecule has 0 fully saturated rings. The van der Waals surface area contributed by atoms with Crippen molar-refractivity contribution in [3.05, 3.63) is 35.9 Å². The van der Waals surface area contributed by atoms with Crippen LogP contribution in [0.5, 0.6) is 0 Å². The van der Waals surface area contributed by atoms with Gasteiger partial charge in [-0.05, 0) is 5.56 Å². The Bertz CT molecular complexity index is 316. The number of carbonyl (C=O) groups is 1. The van der Waals surface area contributed by atoms with Crippen LogP contribution in [0.3, 0.4) is 0 Å². The predicted molar refractivity (Wildman–Crippen MR) is 67.6 cm³/mol. The van der Waals surface area contributed by atoms with Crippen LogP contribution in [-0.4, -0.2) is 24.9 Å². The first-order chi connectivity index (χ1) is 7.77. The van der Waals surface area contributed by atoms with Gasteiger partial charge in [0.15, 0.2) is 0 Å². The molecule has 0 saturated heterocycles. The molecule has 0 aromatic heterocycles. The first-order valence-electron chi connectivity index (χ1n) is 5.18. The Labute approximate surface area is 104 Å². The summed E-state index contributed by atoms with van der Waals surface area (Å²) in [5.74, 6) is 0.0369. The standard InChI is InChI=1S/C12H16BrNO2/c1-16-11(9-14-12(15)7-8-13)10-5-3-2-4-6-10/h2-6,11H,7-9H2,1H3,(H,14,15). The molecule has 0 aliphatic carbocycles. The van der Waals surface area contributed by atoms with Crippen LogP contribution in [0.15, 0.2) is 30.3 Å². The van der Waals surface area contributed by atoms with Crippen molar-refractivity contribution in [2.75, 3.05) is 19.0 Å². The molecule has 1 aromatic rings. The van der Waals surface area contributed by atoms with Gasteiger partial charge in [0, 0.05) is 25.4 Å². The second-order valence-corrected chi connectivity index (χ2v) is 4.17. The van der Waals surface area contributed by atoms with Crippen molar-refractivity contribution in [2.24, 2.45) is 0 Å². The number of alkyl halides is 1. The second-order valence-electron chi connectivity index (χ2n) is 3.38. The number of hydrogen-bond donors (Lipinski definition) is 1. The van der Waals surface area contributed by atoms with E-state index >= 15 is 0 Å². The number of ether oxygens (including phenoxy) is 1. The Morgan fingerprint density at radius 1 is 1.44 bits per heavy atom. The summed E-state index contributed by atoms with van der Waals surface area (Å²) in [6, 6.07) is 9.86. The van der Waals surface area contributed by atoms with Gasteiger partial charge < -0.3 is 10.1 Å². The van der Waals surface area contributed by atoms with E-state index in [0.29, 0.717) is 18.3 Å². The van der Waals surface area contributed by atoms with Gasteiger partial charge >= 0.3 is 0 Å². The van der Waals surface area contributed by atoms with Gasteiger partial charge in [-0.25, -0.2) is 0 Å².